The minimum absolute atomic E-state index is 0.0451. The van der Waals surface area contributed by atoms with Gasteiger partial charge >= 0.3 is 11.4 Å². The van der Waals surface area contributed by atoms with Crippen LogP contribution in [0.3, 0.4) is 0 Å². The minimum Gasteiger partial charge on any atom is -0.314 e. The summed E-state index contributed by atoms with van der Waals surface area (Å²) in [5.41, 5.74) is -1.94. The highest BCUT2D eigenvalue weighted by atomic mass is 35.5. The number of halogens is 1. The van der Waals surface area contributed by atoms with E-state index in [0.717, 1.165) is 6.07 Å². The van der Waals surface area contributed by atoms with Crippen molar-refractivity contribution >= 4 is 11.6 Å². The maximum atomic E-state index is 10.4. The lowest BCUT2D eigenvalue weighted by atomic mass is 10.7. The summed E-state index contributed by atoms with van der Waals surface area (Å²) in [6.45, 7) is 0. The Bertz CT molecular complexity index is 657. The average molecular weight is 259 g/mol. The molecule has 0 bridgehead atoms. The third-order valence-electron chi connectivity index (χ3n) is 1.41. The Hall–Kier alpha value is -2.35. The van der Waals surface area contributed by atoms with Crippen molar-refractivity contribution in [1.29, 1.82) is 0 Å². The van der Waals surface area contributed by atoms with Crippen LogP contribution in [-0.4, -0.2) is 19.9 Å². The van der Waals surface area contributed by atoms with Gasteiger partial charge in [-0.3, -0.25) is 24.5 Å². The normalized spacial score (nSPS) is 9.24. The first-order valence-electron chi connectivity index (χ1n) is 4.24. The van der Waals surface area contributed by atoms with E-state index in [1.165, 1.54) is 12.3 Å². The van der Waals surface area contributed by atoms with Crippen LogP contribution < -0.4 is 22.5 Å². The summed E-state index contributed by atoms with van der Waals surface area (Å²) in [6.07, 6.45) is 1.29. The molecule has 0 aliphatic carbocycles. The van der Waals surface area contributed by atoms with Crippen molar-refractivity contribution in [3.05, 3.63) is 65.2 Å². The van der Waals surface area contributed by atoms with Gasteiger partial charge in [0.05, 0.1) is 0 Å². The molecule has 0 aliphatic rings. The molecule has 0 unspecified atom stereocenters. The Morgan fingerprint density at radius 1 is 0.882 bits per heavy atom. The van der Waals surface area contributed by atoms with Crippen LogP contribution in [0.4, 0.5) is 0 Å². The molecule has 2 aromatic heterocycles. The molecule has 0 aliphatic heterocycles. The van der Waals surface area contributed by atoms with E-state index in [1.54, 1.807) is 0 Å². The Labute approximate surface area is 97.3 Å². The number of hydrogen-bond donors (Lipinski definition) is 4. The van der Waals surface area contributed by atoms with Crippen LogP contribution in [0.15, 0.2) is 37.5 Å². The maximum Gasteiger partial charge on any atom is 0.326 e. The van der Waals surface area contributed by atoms with Crippen LogP contribution in [0.2, 0.25) is 5.15 Å². The molecule has 90 valence electrons. The highest BCUT2D eigenvalue weighted by molar-refractivity contribution is 6.29. The van der Waals surface area contributed by atoms with Crippen LogP contribution in [-0.2, 0) is 0 Å². The summed E-state index contributed by atoms with van der Waals surface area (Å²) in [5, 5.41) is 0.0451. The zero-order chi connectivity index (χ0) is 12.8. The molecule has 8 nitrogen and oxygen atoms in total. The minimum atomic E-state index is -0.590. The molecule has 2 rings (SSSR count). The largest absolute Gasteiger partial charge is 0.326 e. The van der Waals surface area contributed by atoms with Crippen molar-refractivity contribution < 1.29 is 0 Å². The molecule has 0 fully saturated rings. The standard InChI is InChI=1S/C4H3ClN2O2.C4H4N2O2/c5-2-1-3(8)7-4(9)6-2;7-3-1-2-5-4(8)6-3/h1H,(H2,6,7,8,9);1-2H,(H2,5,6,7,8). The Morgan fingerprint density at radius 3 is 1.94 bits per heavy atom. The van der Waals surface area contributed by atoms with E-state index in [0.29, 0.717) is 0 Å². The number of aromatic nitrogens is 4. The van der Waals surface area contributed by atoms with Crippen LogP contribution in [0.1, 0.15) is 0 Å². The third-order valence-corrected chi connectivity index (χ3v) is 1.62. The van der Waals surface area contributed by atoms with Crippen LogP contribution in [0.25, 0.3) is 0 Å². The smallest absolute Gasteiger partial charge is 0.314 e. The third kappa shape index (κ3) is 4.80. The molecular formula is C8H7ClN4O4. The number of aromatic amines is 4. The Morgan fingerprint density at radius 2 is 1.53 bits per heavy atom. The highest BCUT2D eigenvalue weighted by Crippen LogP contribution is 1.91. The van der Waals surface area contributed by atoms with Gasteiger partial charge in [0.15, 0.2) is 0 Å². The molecule has 0 aromatic carbocycles. The van der Waals surface area contributed by atoms with E-state index in [9.17, 15) is 19.2 Å². The second kappa shape index (κ2) is 5.66. The summed E-state index contributed by atoms with van der Waals surface area (Å²) < 4.78 is 0. The zero-order valence-corrected chi connectivity index (χ0v) is 9.00. The van der Waals surface area contributed by atoms with Gasteiger partial charge in [0.2, 0.25) is 0 Å². The fraction of sp³-hybridized carbons (Fsp3) is 0. The SMILES string of the molecule is O=c1cc(Cl)[nH]c(=O)[nH]1.O=c1cc[nH]c(=O)[nH]1. The predicted octanol–water partition coefficient (Wildman–Crippen LogP) is -1.22. The lowest BCUT2D eigenvalue weighted by Gasteiger charge is -1.83. The summed E-state index contributed by atoms with van der Waals surface area (Å²) in [7, 11) is 0. The van der Waals surface area contributed by atoms with Gasteiger partial charge in [-0.05, 0) is 0 Å². The molecule has 2 aromatic rings. The van der Waals surface area contributed by atoms with Crippen molar-refractivity contribution in [2.24, 2.45) is 0 Å². The number of H-pyrrole nitrogens is 4. The van der Waals surface area contributed by atoms with E-state index < -0.39 is 16.9 Å². The molecular weight excluding hydrogens is 252 g/mol. The van der Waals surface area contributed by atoms with Crippen LogP contribution >= 0.6 is 11.6 Å². The number of nitrogens with one attached hydrogen (secondary N) is 4. The fourth-order valence-electron chi connectivity index (χ4n) is 0.822. The molecule has 0 saturated heterocycles. The van der Waals surface area contributed by atoms with E-state index in [2.05, 4.69) is 9.97 Å². The Balaban J connectivity index is 0.000000171. The van der Waals surface area contributed by atoms with Gasteiger partial charge in [0.1, 0.15) is 5.15 Å². The van der Waals surface area contributed by atoms with Crippen molar-refractivity contribution in [2.75, 3.05) is 0 Å². The highest BCUT2D eigenvalue weighted by Gasteiger charge is 1.88. The molecule has 0 spiro atoms. The zero-order valence-electron chi connectivity index (χ0n) is 8.24. The average Bonchev–Trinajstić information content (AvgIpc) is 2.15. The van der Waals surface area contributed by atoms with E-state index >= 15 is 0 Å². The van der Waals surface area contributed by atoms with E-state index in [-0.39, 0.29) is 10.7 Å². The fourth-order valence-corrected chi connectivity index (χ4v) is 1.01. The molecule has 0 radical (unpaired) electrons. The van der Waals surface area contributed by atoms with Crippen LogP contribution in [0.5, 0.6) is 0 Å². The van der Waals surface area contributed by atoms with E-state index in [4.69, 9.17) is 11.6 Å². The van der Waals surface area contributed by atoms with Gasteiger partial charge in [0.25, 0.3) is 11.1 Å². The van der Waals surface area contributed by atoms with Gasteiger partial charge in [0, 0.05) is 18.3 Å². The molecule has 0 atom stereocenters. The molecule has 9 heteroatoms. The first-order chi connectivity index (χ1) is 7.97. The summed E-state index contributed by atoms with van der Waals surface area (Å²) in [4.78, 5) is 49.5. The second-order valence-electron chi connectivity index (χ2n) is 2.73. The van der Waals surface area contributed by atoms with Gasteiger partial charge in [-0.2, -0.15) is 0 Å². The monoisotopic (exact) mass is 258 g/mol. The van der Waals surface area contributed by atoms with Crippen molar-refractivity contribution in [3.8, 4) is 0 Å². The van der Waals surface area contributed by atoms with Gasteiger partial charge in [-0.1, -0.05) is 11.6 Å². The van der Waals surface area contributed by atoms with Gasteiger partial charge < -0.3 is 4.98 Å². The van der Waals surface area contributed by atoms with Crippen LogP contribution in [0, 0.1) is 0 Å². The molecule has 17 heavy (non-hydrogen) atoms. The number of hydrogen-bond acceptors (Lipinski definition) is 4. The van der Waals surface area contributed by atoms with E-state index in [1.807, 2.05) is 9.97 Å². The molecule has 0 saturated carbocycles. The summed E-state index contributed by atoms with van der Waals surface area (Å²) in [5.74, 6) is 0. The first-order valence-corrected chi connectivity index (χ1v) is 4.62. The first kappa shape index (κ1) is 12.7. The van der Waals surface area contributed by atoms with Crippen molar-refractivity contribution in [3.63, 3.8) is 0 Å². The summed E-state index contributed by atoms with van der Waals surface area (Å²) >= 11 is 5.27. The number of rotatable bonds is 0. The lowest BCUT2D eigenvalue weighted by Crippen LogP contribution is -2.20. The topological polar surface area (TPSA) is 131 Å². The quantitative estimate of drug-likeness (QED) is 0.441. The molecule has 2 heterocycles. The Kier molecular flexibility index (Phi) is 4.23. The molecule has 0 amide bonds. The molecule has 4 N–H and O–H groups in total. The van der Waals surface area contributed by atoms with Gasteiger partial charge in [-0.25, -0.2) is 9.59 Å². The van der Waals surface area contributed by atoms with Crippen molar-refractivity contribution in [2.45, 2.75) is 0 Å². The maximum absolute atomic E-state index is 10.4. The summed E-state index contributed by atoms with van der Waals surface area (Å²) in [6, 6.07) is 2.32. The second-order valence-corrected chi connectivity index (χ2v) is 3.14. The predicted molar refractivity (Wildman–Crippen MR) is 60.4 cm³/mol. The van der Waals surface area contributed by atoms with Crippen molar-refractivity contribution in [1.82, 2.24) is 19.9 Å². The lowest BCUT2D eigenvalue weighted by molar-refractivity contribution is 1.04. The van der Waals surface area contributed by atoms with Gasteiger partial charge in [-0.15, -0.1) is 0 Å².